The summed E-state index contributed by atoms with van der Waals surface area (Å²) >= 11 is 7.28. The van der Waals surface area contributed by atoms with Crippen LogP contribution < -0.4 is 15.8 Å². The summed E-state index contributed by atoms with van der Waals surface area (Å²) in [6, 6.07) is 8.21. The van der Waals surface area contributed by atoms with Gasteiger partial charge in [0.2, 0.25) is 5.13 Å². The predicted molar refractivity (Wildman–Crippen MR) is 100 cm³/mol. The molecule has 1 saturated heterocycles. The van der Waals surface area contributed by atoms with Crippen LogP contribution in [-0.2, 0) is 0 Å². The zero-order chi connectivity index (χ0) is 16.2. The fourth-order valence-corrected chi connectivity index (χ4v) is 5.71. The van der Waals surface area contributed by atoms with E-state index in [1.54, 1.807) is 11.3 Å². The zero-order valence-electron chi connectivity index (χ0n) is 13.7. The quantitative estimate of drug-likeness (QED) is 0.763. The minimum Gasteiger partial charge on any atom is -0.342 e. The number of aromatic nitrogens is 1. The molecule has 1 aliphatic carbocycles. The minimum absolute atomic E-state index is 0.143. The van der Waals surface area contributed by atoms with E-state index in [1.165, 1.54) is 11.1 Å². The summed E-state index contributed by atoms with van der Waals surface area (Å²) in [6.45, 7) is 7.02. The average Bonchev–Trinajstić information content (AvgIpc) is 2.97. The van der Waals surface area contributed by atoms with Crippen molar-refractivity contribution in [3.05, 3.63) is 24.3 Å². The number of para-hydroxylation sites is 1. The maximum Gasteiger partial charge on any atom is 0.207 e. The lowest BCUT2D eigenvalue weighted by Gasteiger charge is -2.45. The van der Waals surface area contributed by atoms with Crippen molar-refractivity contribution in [3.63, 3.8) is 0 Å². The summed E-state index contributed by atoms with van der Waals surface area (Å²) in [6.07, 6.45) is 3.40. The molecule has 0 radical (unpaired) electrons. The van der Waals surface area contributed by atoms with Gasteiger partial charge in [-0.25, -0.2) is 15.4 Å². The van der Waals surface area contributed by atoms with Crippen molar-refractivity contribution >= 4 is 44.0 Å². The molecule has 1 spiro atoms. The third-order valence-corrected chi connectivity index (χ3v) is 6.03. The Morgan fingerprint density at radius 3 is 2.83 bits per heavy atom. The number of rotatable bonds is 1. The van der Waals surface area contributed by atoms with Crippen LogP contribution in [0, 0.1) is 11.3 Å². The van der Waals surface area contributed by atoms with Crippen molar-refractivity contribution in [2.24, 2.45) is 11.3 Å². The Hall–Kier alpha value is -1.24. The van der Waals surface area contributed by atoms with Gasteiger partial charge in [-0.2, -0.15) is 0 Å². The van der Waals surface area contributed by atoms with Crippen molar-refractivity contribution in [2.75, 3.05) is 5.01 Å². The summed E-state index contributed by atoms with van der Waals surface area (Å²) in [5.41, 5.74) is 4.83. The van der Waals surface area contributed by atoms with Gasteiger partial charge in [-0.15, -0.1) is 0 Å². The molecule has 1 saturated carbocycles. The molecule has 0 bridgehead atoms. The van der Waals surface area contributed by atoms with Crippen LogP contribution in [0.15, 0.2) is 24.3 Å². The number of anilines is 1. The second-order valence-electron chi connectivity index (χ2n) is 7.78. The highest BCUT2D eigenvalue weighted by Gasteiger charge is 2.49. The van der Waals surface area contributed by atoms with E-state index in [0.717, 1.165) is 28.6 Å². The van der Waals surface area contributed by atoms with Crippen LogP contribution in [0.5, 0.6) is 0 Å². The van der Waals surface area contributed by atoms with E-state index < -0.39 is 0 Å². The molecule has 0 amide bonds. The molecule has 2 aromatic rings. The summed E-state index contributed by atoms with van der Waals surface area (Å²) in [4.78, 5) is 4.73. The summed E-state index contributed by atoms with van der Waals surface area (Å²) in [5, 5.41) is 7.17. The van der Waals surface area contributed by atoms with Gasteiger partial charge in [-0.3, -0.25) is 0 Å². The highest BCUT2D eigenvalue weighted by atomic mass is 32.1. The summed E-state index contributed by atoms with van der Waals surface area (Å²) in [7, 11) is 0. The number of fused-ring (bicyclic) bond motifs is 1. The van der Waals surface area contributed by atoms with Crippen LogP contribution >= 0.6 is 23.6 Å². The van der Waals surface area contributed by atoms with Crippen LogP contribution in [0.4, 0.5) is 5.13 Å². The molecule has 2 fully saturated rings. The molecule has 1 aromatic carbocycles. The van der Waals surface area contributed by atoms with Crippen molar-refractivity contribution in [1.82, 2.24) is 15.7 Å². The van der Waals surface area contributed by atoms with Crippen LogP contribution in [-0.4, -0.2) is 15.8 Å². The number of thiazole rings is 1. The average molecular weight is 347 g/mol. The first-order valence-corrected chi connectivity index (χ1v) is 9.34. The van der Waals surface area contributed by atoms with E-state index in [-0.39, 0.29) is 5.66 Å². The first kappa shape index (κ1) is 15.3. The van der Waals surface area contributed by atoms with Gasteiger partial charge in [0.05, 0.1) is 10.2 Å². The molecule has 2 aliphatic rings. The molecular weight excluding hydrogens is 324 g/mol. The Labute approximate surface area is 146 Å². The van der Waals surface area contributed by atoms with Gasteiger partial charge in [0.1, 0.15) is 5.66 Å². The van der Waals surface area contributed by atoms with Gasteiger partial charge in [-0.05, 0) is 54.9 Å². The molecule has 1 aliphatic heterocycles. The number of hydrazine groups is 1. The van der Waals surface area contributed by atoms with Gasteiger partial charge in [0.25, 0.3) is 0 Å². The molecule has 4 rings (SSSR count). The molecule has 2 atom stereocenters. The Morgan fingerprint density at radius 2 is 2.09 bits per heavy atom. The van der Waals surface area contributed by atoms with E-state index in [0.29, 0.717) is 11.3 Å². The number of benzene rings is 1. The van der Waals surface area contributed by atoms with Crippen molar-refractivity contribution < 1.29 is 0 Å². The Morgan fingerprint density at radius 1 is 1.30 bits per heavy atom. The van der Waals surface area contributed by atoms with Gasteiger partial charge < -0.3 is 5.32 Å². The van der Waals surface area contributed by atoms with E-state index in [1.807, 2.05) is 23.2 Å². The number of hydrogen-bond acceptors (Lipinski definition) is 4. The zero-order valence-corrected chi connectivity index (χ0v) is 15.4. The first-order chi connectivity index (χ1) is 10.9. The maximum absolute atomic E-state index is 5.61. The van der Waals surface area contributed by atoms with Crippen LogP contribution in [0.1, 0.15) is 40.0 Å². The lowest BCUT2D eigenvalue weighted by atomic mass is 9.68. The molecule has 122 valence electrons. The third-order valence-electron chi connectivity index (χ3n) is 4.73. The Balaban J connectivity index is 1.65. The molecule has 2 N–H and O–H groups in total. The molecule has 23 heavy (non-hydrogen) atoms. The number of thiocarbonyl (C=S) groups is 1. The lowest BCUT2D eigenvalue weighted by molar-refractivity contribution is 0.0828. The molecule has 1 aromatic heterocycles. The second-order valence-corrected chi connectivity index (χ2v) is 9.17. The van der Waals surface area contributed by atoms with Crippen molar-refractivity contribution in [1.29, 1.82) is 0 Å². The monoisotopic (exact) mass is 346 g/mol. The fraction of sp³-hybridized carbons (Fsp3) is 0.529. The van der Waals surface area contributed by atoms with E-state index in [2.05, 4.69) is 37.6 Å². The van der Waals surface area contributed by atoms with Gasteiger partial charge in [-0.1, -0.05) is 44.2 Å². The van der Waals surface area contributed by atoms with Crippen LogP contribution in [0.2, 0.25) is 0 Å². The van der Waals surface area contributed by atoms with Crippen molar-refractivity contribution in [3.8, 4) is 0 Å². The highest BCUT2D eigenvalue weighted by molar-refractivity contribution is 7.80. The Bertz CT molecular complexity index is 736. The van der Waals surface area contributed by atoms with Gasteiger partial charge in [0.15, 0.2) is 5.11 Å². The number of nitrogens with zero attached hydrogens (tertiary/aromatic N) is 2. The standard InChI is InChI=1S/C17H22N4S2/c1-11-8-16(2,3)10-17(9-11)19-14(22)21(20-17)15-18-12-6-4-5-7-13(12)23-15/h4-7,11,20H,8-10H2,1-3H3,(H,19,22)/t11-,17+/m0/s1. The Kier molecular flexibility index (Phi) is 3.41. The summed E-state index contributed by atoms with van der Waals surface area (Å²) < 4.78 is 1.19. The minimum atomic E-state index is -0.143. The van der Waals surface area contributed by atoms with Gasteiger partial charge >= 0.3 is 0 Å². The molecule has 0 unspecified atom stereocenters. The topological polar surface area (TPSA) is 40.2 Å². The van der Waals surface area contributed by atoms with E-state index >= 15 is 0 Å². The van der Waals surface area contributed by atoms with Crippen LogP contribution in [0.3, 0.4) is 0 Å². The largest absolute Gasteiger partial charge is 0.342 e. The highest BCUT2D eigenvalue weighted by Crippen LogP contribution is 2.44. The number of nitrogens with one attached hydrogen (secondary N) is 2. The summed E-state index contributed by atoms with van der Waals surface area (Å²) in [5.74, 6) is 0.664. The van der Waals surface area contributed by atoms with E-state index in [4.69, 9.17) is 17.2 Å². The smallest absolute Gasteiger partial charge is 0.207 e. The molecule has 6 heteroatoms. The normalized spacial score (nSPS) is 30.1. The molecule has 2 heterocycles. The molecule has 4 nitrogen and oxygen atoms in total. The van der Waals surface area contributed by atoms with E-state index in [9.17, 15) is 0 Å². The SMILES string of the molecule is C[C@H]1CC(C)(C)C[C@]2(C1)NC(=S)N(c1nc3ccccc3s1)N2. The van der Waals surface area contributed by atoms with Crippen LogP contribution in [0.25, 0.3) is 10.2 Å². The number of hydrogen-bond donors (Lipinski definition) is 2. The lowest BCUT2D eigenvalue weighted by Crippen LogP contribution is -2.57. The third kappa shape index (κ3) is 2.73. The first-order valence-electron chi connectivity index (χ1n) is 8.12. The fourth-order valence-electron chi connectivity index (χ4n) is 4.40. The predicted octanol–water partition coefficient (Wildman–Crippen LogP) is 4.04. The molecular formula is C17H22N4S2. The second kappa shape index (κ2) is 5.13. The van der Waals surface area contributed by atoms with Crippen molar-refractivity contribution in [2.45, 2.75) is 45.7 Å². The maximum atomic E-state index is 5.61. The van der Waals surface area contributed by atoms with Gasteiger partial charge in [0, 0.05) is 0 Å².